The van der Waals surface area contributed by atoms with Gasteiger partial charge in [0.2, 0.25) is 0 Å². The Kier molecular flexibility index (Phi) is 17.3. The molecule has 1 aliphatic rings. The molecule has 0 unspecified atom stereocenters. The summed E-state index contributed by atoms with van der Waals surface area (Å²) < 4.78 is 1.67. The second-order valence-electron chi connectivity index (χ2n) is 10.3. The molecule has 1 rings (SSSR count). The number of aliphatic carboxylic acids is 3. The molecule has 31 heavy (non-hydrogen) atoms. The monoisotopic (exact) mass is 514 g/mol. The maximum atomic E-state index is 9.91. The van der Waals surface area contributed by atoms with Gasteiger partial charge in [-0.3, -0.25) is 0 Å². The summed E-state index contributed by atoms with van der Waals surface area (Å²) in [6.07, 6.45) is 9.82. The molecule has 0 fully saturated rings. The number of hydrogen-bond acceptors (Lipinski definition) is 6. The van der Waals surface area contributed by atoms with E-state index in [2.05, 4.69) is 19.1 Å². The van der Waals surface area contributed by atoms with Crippen LogP contribution in [0.4, 0.5) is 0 Å². The van der Waals surface area contributed by atoms with Gasteiger partial charge in [-0.2, -0.15) is 0 Å². The van der Waals surface area contributed by atoms with E-state index in [4.69, 9.17) is 0 Å². The Bertz CT molecular complexity index is 569. The summed E-state index contributed by atoms with van der Waals surface area (Å²) in [7, 11) is 0. The Morgan fingerprint density at radius 2 is 1.10 bits per heavy atom. The van der Waals surface area contributed by atoms with Crippen molar-refractivity contribution in [1.82, 2.24) is 0 Å². The van der Waals surface area contributed by atoms with Gasteiger partial charge in [-0.05, 0) is 0 Å². The predicted molar refractivity (Wildman–Crippen MR) is 114 cm³/mol. The molecule has 0 saturated heterocycles. The van der Waals surface area contributed by atoms with E-state index in [1.54, 1.807) is 95.9 Å². The first kappa shape index (κ1) is 34.4. The molecule has 0 heterocycles. The molecule has 0 bridgehead atoms. The third-order valence-electron chi connectivity index (χ3n) is 3.67. The fourth-order valence-corrected chi connectivity index (χ4v) is 1.95. The zero-order valence-electron chi connectivity index (χ0n) is 20.9. The molecule has 0 radical (unpaired) electrons. The van der Waals surface area contributed by atoms with E-state index >= 15 is 0 Å². The van der Waals surface area contributed by atoms with Crippen LogP contribution in [-0.2, 0) is 39.1 Å². The number of carbonyl (C=O) groups excluding carboxylic acids is 3. The summed E-state index contributed by atoms with van der Waals surface area (Å²) in [4.78, 5) is 29.7. The number of carboxylic acid groups (broad SMARTS) is 3. The van der Waals surface area contributed by atoms with E-state index in [-0.39, 0.29) is 0 Å². The summed E-state index contributed by atoms with van der Waals surface area (Å²) in [6, 6.07) is 0. The average molecular weight is 516 g/mol. The van der Waals surface area contributed by atoms with Crippen molar-refractivity contribution in [2.24, 2.45) is 16.2 Å². The van der Waals surface area contributed by atoms with Gasteiger partial charge in [0.1, 0.15) is 0 Å². The molecule has 0 N–H and O–H groups in total. The van der Waals surface area contributed by atoms with Crippen LogP contribution in [-0.4, -0.2) is 17.9 Å². The minimum absolute atomic E-state index is 0.694. The van der Waals surface area contributed by atoms with Crippen LogP contribution in [0.15, 0.2) is 21.0 Å². The molecule has 0 aliphatic heterocycles. The van der Waals surface area contributed by atoms with Gasteiger partial charge in [-0.1, -0.05) is 62.3 Å². The van der Waals surface area contributed by atoms with Crippen molar-refractivity contribution in [3.05, 3.63) is 21.0 Å². The fourth-order valence-electron chi connectivity index (χ4n) is 1.15. The predicted octanol–water partition coefficient (Wildman–Crippen LogP) is 2.28. The zero-order chi connectivity index (χ0) is 25.6. The van der Waals surface area contributed by atoms with Gasteiger partial charge >= 0.3 is 78.3 Å². The van der Waals surface area contributed by atoms with Gasteiger partial charge in [0, 0.05) is 34.2 Å². The van der Waals surface area contributed by atoms with E-state index in [1.807, 2.05) is 0 Å². The number of carbonyl (C=O) groups is 3. The van der Waals surface area contributed by atoms with Crippen molar-refractivity contribution < 1.29 is 54.4 Å². The first-order chi connectivity index (χ1) is 13.7. The zero-order valence-corrected chi connectivity index (χ0v) is 23.4. The van der Waals surface area contributed by atoms with Crippen molar-refractivity contribution in [2.45, 2.75) is 94.9 Å². The molecule has 0 saturated carbocycles. The maximum absolute atomic E-state index is 9.91. The molecule has 0 aromatic carbocycles. The Hall–Kier alpha value is -1.23. The quantitative estimate of drug-likeness (QED) is 0.569. The van der Waals surface area contributed by atoms with E-state index in [0.717, 1.165) is 0 Å². The molecule has 0 aromatic heterocycles. The van der Waals surface area contributed by atoms with E-state index < -0.39 is 34.2 Å². The second-order valence-corrected chi connectivity index (χ2v) is 11.8. The van der Waals surface area contributed by atoms with E-state index in [0.29, 0.717) is 0 Å². The summed E-state index contributed by atoms with van der Waals surface area (Å²) in [5.41, 5.74) is -0.458. The van der Waals surface area contributed by atoms with Crippen LogP contribution in [0.1, 0.15) is 94.9 Å². The summed E-state index contributed by atoms with van der Waals surface area (Å²) in [5, 5.41) is 29.7. The van der Waals surface area contributed by atoms with Crippen LogP contribution in [0.5, 0.6) is 0 Å². The molecule has 0 spiro atoms. The third kappa shape index (κ3) is 21.8. The number of rotatable bonds is 3. The van der Waals surface area contributed by atoms with Crippen LogP contribution >= 0.6 is 0 Å². The van der Waals surface area contributed by atoms with Crippen molar-refractivity contribution in [3.63, 3.8) is 0 Å². The number of unbranched alkanes of at least 4 members (excludes halogenated alkanes) is 1. The second kappa shape index (κ2) is 15.6. The Labute approximate surface area is 204 Å². The summed E-state index contributed by atoms with van der Waals surface area (Å²) >= 11 is 1.61. The van der Waals surface area contributed by atoms with Crippen molar-refractivity contribution in [1.29, 1.82) is 0 Å². The van der Waals surface area contributed by atoms with Crippen LogP contribution in [0.2, 0.25) is 0 Å². The molecule has 6 nitrogen and oxygen atoms in total. The van der Waals surface area contributed by atoms with Gasteiger partial charge in [0.25, 0.3) is 0 Å². The first-order valence-corrected chi connectivity index (χ1v) is 11.6. The van der Waals surface area contributed by atoms with Crippen LogP contribution < -0.4 is 15.3 Å². The first-order valence-electron chi connectivity index (χ1n) is 10.4. The SMILES string of the molecule is CC(C)(C)C(=O)[O-].CC(C)(C)C(=O)[O-].CC(C)(C)C(=O)[O-].CCCCC1=[C]([Zr+3])CC=C1. The Balaban J connectivity index is -0.000000343. The van der Waals surface area contributed by atoms with Crippen LogP contribution in [0.25, 0.3) is 0 Å². The van der Waals surface area contributed by atoms with Gasteiger partial charge in [0.05, 0.1) is 0 Å². The average Bonchev–Trinajstić information content (AvgIpc) is 2.97. The van der Waals surface area contributed by atoms with Gasteiger partial charge < -0.3 is 29.7 Å². The van der Waals surface area contributed by atoms with Gasteiger partial charge in [-0.15, -0.1) is 0 Å². The Morgan fingerprint density at radius 3 is 1.26 bits per heavy atom. The van der Waals surface area contributed by atoms with Crippen LogP contribution in [0, 0.1) is 16.2 Å². The topological polar surface area (TPSA) is 120 Å². The normalized spacial score (nSPS) is 13.2. The molecule has 0 atom stereocenters. The number of carboxylic acids is 3. The molecular formula is C24H40O6Zr. The molecule has 1 aliphatic carbocycles. The molecule has 0 aromatic rings. The fraction of sp³-hybridized carbons (Fsp3) is 0.708. The molecule has 0 amide bonds. The van der Waals surface area contributed by atoms with Crippen molar-refractivity contribution in [3.8, 4) is 0 Å². The van der Waals surface area contributed by atoms with Gasteiger partial charge in [-0.25, -0.2) is 0 Å². The van der Waals surface area contributed by atoms with Crippen LogP contribution in [0.3, 0.4) is 0 Å². The molecule has 7 heteroatoms. The third-order valence-corrected chi connectivity index (χ3v) is 4.96. The van der Waals surface area contributed by atoms with E-state index in [1.165, 1.54) is 25.7 Å². The standard InChI is InChI=1S/C9H13.3C5H10O2.Zr/c1-2-3-6-9-7-4-5-8-9;3*1-5(2,3)4(6)7;/h4,7H,2-3,5-6H2,1H3;3*1-3H3,(H,6,7);/q;;;;+3/p-3. The Morgan fingerprint density at radius 1 is 0.806 bits per heavy atom. The number of allylic oxidation sites excluding steroid dienone is 4. The number of hydrogen-bond donors (Lipinski definition) is 0. The van der Waals surface area contributed by atoms with Crippen molar-refractivity contribution >= 4 is 17.9 Å². The summed E-state index contributed by atoms with van der Waals surface area (Å²) in [6.45, 7) is 16.6. The minimum atomic E-state index is -1.01. The van der Waals surface area contributed by atoms with Crippen molar-refractivity contribution in [2.75, 3.05) is 0 Å². The molecule has 176 valence electrons. The molecular weight excluding hydrogens is 475 g/mol. The van der Waals surface area contributed by atoms with E-state index in [9.17, 15) is 29.7 Å². The van der Waals surface area contributed by atoms with Gasteiger partial charge in [0.15, 0.2) is 0 Å². The summed E-state index contributed by atoms with van der Waals surface area (Å²) in [5.74, 6) is -3.02.